The van der Waals surface area contributed by atoms with Crippen molar-refractivity contribution in [3.8, 4) is 0 Å². The summed E-state index contributed by atoms with van der Waals surface area (Å²) in [5.41, 5.74) is 10.2. The third-order valence-corrected chi connectivity index (χ3v) is 6.92. The molecule has 1 aliphatic rings. The van der Waals surface area contributed by atoms with E-state index in [2.05, 4.69) is 78.4 Å². The van der Waals surface area contributed by atoms with Crippen LogP contribution in [-0.4, -0.2) is 9.38 Å². The Morgan fingerprint density at radius 2 is 1.79 bits per heavy atom. The monoisotopic (exact) mass is 380 g/mol. The number of aryl methyl sites for hydroxylation is 3. The fourth-order valence-electron chi connectivity index (χ4n) is 5.70. The molecular formula is C26H26N3+. The highest BCUT2D eigenvalue weighted by atomic mass is 15.1. The average Bonchev–Trinajstić information content (AvgIpc) is 3.35. The molecule has 0 saturated heterocycles. The molecule has 3 heterocycles. The van der Waals surface area contributed by atoms with Crippen LogP contribution in [0, 0.1) is 13.8 Å². The van der Waals surface area contributed by atoms with Crippen molar-refractivity contribution in [2.75, 3.05) is 0 Å². The molecule has 1 fully saturated rings. The standard InChI is InChI=1S/C26H26N3/c1-16-15-17(2)27-24-20-12-8-11-19(18-9-4-5-10-18)25(20)29-22-14-7-6-13-21(22)28(3)26(29)23(16)24/h6-8,11-15,18H,4-5,9-10H2,1-3H3/q+1. The summed E-state index contributed by atoms with van der Waals surface area (Å²) in [4.78, 5) is 5.07. The minimum absolute atomic E-state index is 0.650. The third kappa shape index (κ3) is 2.24. The number of hydrogen-bond donors (Lipinski definition) is 0. The van der Waals surface area contributed by atoms with Crippen LogP contribution < -0.4 is 4.57 Å². The summed E-state index contributed by atoms with van der Waals surface area (Å²) in [5, 5.41) is 2.55. The van der Waals surface area contributed by atoms with Crippen molar-refractivity contribution < 1.29 is 4.57 Å². The number of pyridine rings is 2. The molecule has 0 bridgehead atoms. The number of rotatable bonds is 1. The molecule has 3 heteroatoms. The van der Waals surface area contributed by atoms with Gasteiger partial charge < -0.3 is 0 Å². The Morgan fingerprint density at radius 1 is 1.00 bits per heavy atom. The van der Waals surface area contributed by atoms with E-state index >= 15 is 0 Å². The van der Waals surface area contributed by atoms with Crippen LogP contribution in [0.2, 0.25) is 0 Å². The number of hydrogen-bond acceptors (Lipinski definition) is 1. The number of para-hydroxylation sites is 3. The van der Waals surface area contributed by atoms with E-state index in [1.165, 1.54) is 69.8 Å². The van der Waals surface area contributed by atoms with Crippen molar-refractivity contribution in [1.29, 1.82) is 0 Å². The van der Waals surface area contributed by atoms with Gasteiger partial charge in [0.1, 0.15) is 5.52 Å². The van der Waals surface area contributed by atoms with Gasteiger partial charge in [-0.2, -0.15) is 4.40 Å². The van der Waals surface area contributed by atoms with E-state index in [-0.39, 0.29) is 0 Å². The van der Waals surface area contributed by atoms with E-state index in [1.807, 2.05) is 0 Å². The van der Waals surface area contributed by atoms with Gasteiger partial charge in [0.25, 0.3) is 5.65 Å². The Morgan fingerprint density at radius 3 is 2.62 bits per heavy atom. The Balaban J connectivity index is 1.97. The zero-order chi connectivity index (χ0) is 19.7. The van der Waals surface area contributed by atoms with Gasteiger partial charge in [0, 0.05) is 16.6 Å². The lowest BCUT2D eigenvalue weighted by Gasteiger charge is -2.14. The summed E-state index contributed by atoms with van der Waals surface area (Å²) in [5.74, 6) is 0.650. The van der Waals surface area contributed by atoms with E-state index in [0.29, 0.717) is 5.92 Å². The third-order valence-electron chi connectivity index (χ3n) is 6.92. The normalized spacial score (nSPS) is 15.4. The lowest BCUT2D eigenvalue weighted by atomic mass is 9.93. The van der Waals surface area contributed by atoms with Gasteiger partial charge in [-0.05, 0) is 62.4 Å². The van der Waals surface area contributed by atoms with Gasteiger partial charge in [-0.25, -0.2) is 4.57 Å². The van der Waals surface area contributed by atoms with Crippen LogP contribution >= 0.6 is 0 Å². The van der Waals surface area contributed by atoms with Crippen LogP contribution in [-0.2, 0) is 7.05 Å². The Labute approximate surface area is 170 Å². The number of benzene rings is 2. The topological polar surface area (TPSA) is 21.2 Å². The second kappa shape index (κ2) is 6.03. The van der Waals surface area contributed by atoms with Crippen molar-refractivity contribution in [1.82, 2.24) is 9.38 Å². The Hall–Kier alpha value is -2.94. The van der Waals surface area contributed by atoms with Gasteiger partial charge in [-0.15, -0.1) is 0 Å². The zero-order valence-corrected chi connectivity index (χ0v) is 17.4. The highest BCUT2D eigenvalue weighted by Crippen LogP contribution is 2.41. The SMILES string of the molecule is Cc1cc(C)c2c(n1)c1cccc(C3CCCC3)c1n1c3ccccc3[n+](C)c21. The van der Waals surface area contributed by atoms with Crippen molar-refractivity contribution in [3.63, 3.8) is 0 Å². The smallest absolute Gasteiger partial charge is 0.252 e. The lowest BCUT2D eigenvalue weighted by molar-refractivity contribution is -0.617. The quantitative estimate of drug-likeness (QED) is 0.262. The lowest BCUT2D eigenvalue weighted by Crippen LogP contribution is -2.27. The highest BCUT2D eigenvalue weighted by molar-refractivity contribution is 6.12. The van der Waals surface area contributed by atoms with E-state index in [1.54, 1.807) is 0 Å². The van der Waals surface area contributed by atoms with Gasteiger partial charge in [0.05, 0.1) is 18.0 Å². The second-order valence-corrected chi connectivity index (χ2v) is 8.74. The molecule has 144 valence electrons. The molecule has 0 radical (unpaired) electrons. The summed E-state index contributed by atoms with van der Waals surface area (Å²) < 4.78 is 4.87. The van der Waals surface area contributed by atoms with Crippen LogP contribution in [0.15, 0.2) is 48.5 Å². The fourth-order valence-corrected chi connectivity index (χ4v) is 5.70. The minimum Gasteiger partial charge on any atom is -0.252 e. The first kappa shape index (κ1) is 17.0. The highest BCUT2D eigenvalue weighted by Gasteiger charge is 2.29. The summed E-state index contributed by atoms with van der Waals surface area (Å²) in [6, 6.07) is 17.9. The minimum atomic E-state index is 0.650. The van der Waals surface area contributed by atoms with Gasteiger partial charge in [0.2, 0.25) is 0 Å². The molecule has 5 aromatic rings. The maximum atomic E-state index is 5.07. The predicted octanol–water partition coefficient (Wildman–Crippen LogP) is 5.89. The van der Waals surface area contributed by atoms with Crippen LogP contribution in [0.4, 0.5) is 0 Å². The maximum absolute atomic E-state index is 5.07. The number of nitrogens with zero attached hydrogens (tertiary/aromatic N) is 3. The summed E-state index contributed by atoms with van der Waals surface area (Å²) in [6.45, 7) is 4.33. The molecule has 3 aromatic heterocycles. The number of aromatic nitrogens is 3. The van der Waals surface area contributed by atoms with Crippen LogP contribution in [0.3, 0.4) is 0 Å². The molecule has 0 atom stereocenters. The molecular weight excluding hydrogens is 354 g/mol. The number of fused-ring (bicyclic) bond motifs is 8. The Bertz CT molecular complexity index is 1440. The molecule has 6 rings (SSSR count). The molecule has 0 unspecified atom stereocenters. The largest absolute Gasteiger partial charge is 0.297 e. The molecule has 3 nitrogen and oxygen atoms in total. The summed E-state index contributed by atoms with van der Waals surface area (Å²) >= 11 is 0. The van der Waals surface area contributed by atoms with E-state index < -0.39 is 0 Å². The van der Waals surface area contributed by atoms with Gasteiger partial charge in [-0.1, -0.05) is 37.1 Å². The average molecular weight is 381 g/mol. The molecule has 0 N–H and O–H groups in total. The maximum Gasteiger partial charge on any atom is 0.297 e. The van der Waals surface area contributed by atoms with E-state index in [4.69, 9.17) is 4.98 Å². The fraction of sp³-hybridized carbons (Fsp3) is 0.308. The van der Waals surface area contributed by atoms with Crippen LogP contribution in [0.25, 0.3) is 38.5 Å². The van der Waals surface area contributed by atoms with Gasteiger partial charge in [-0.3, -0.25) is 4.98 Å². The first-order valence-corrected chi connectivity index (χ1v) is 10.8. The summed E-state index contributed by atoms with van der Waals surface area (Å²) in [7, 11) is 2.19. The van der Waals surface area contributed by atoms with Gasteiger partial charge >= 0.3 is 0 Å². The van der Waals surface area contributed by atoms with Crippen molar-refractivity contribution in [2.24, 2.45) is 7.05 Å². The molecule has 0 amide bonds. The second-order valence-electron chi connectivity index (χ2n) is 8.74. The van der Waals surface area contributed by atoms with Crippen molar-refractivity contribution in [3.05, 3.63) is 65.4 Å². The summed E-state index contributed by atoms with van der Waals surface area (Å²) in [6.07, 6.45) is 5.28. The predicted molar refractivity (Wildman–Crippen MR) is 120 cm³/mol. The molecule has 1 saturated carbocycles. The van der Waals surface area contributed by atoms with Crippen LogP contribution in [0.1, 0.15) is 48.4 Å². The molecule has 29 heavy (non-hydrogen) atoms. The molecule has 1 aliphatic carbocycles. The van der Waals surface area contributed by atoms with Gasteiger partial charge in [0.15, 0.2) is 11.0 Å². The molecule has 0 spiro atoms. The molecule has 2 aromatic carbocycles. The first-order valence-electron chi connectivity index (χ1n) is 10.8. The van der Waals surface area contributed by atoms with E-state index in [0.717, 1.165) is 11.2 Å². The molecule has 0 aliphatic heterocycles. The van der Waals surface area contributed by atoms with E-state index in [9.17, 15) is 0 Å². The van der Waals surface area contributed by atoms with Crippen LogP contribution in [0.5, 0.6) is 0 Å². The van der Waals surface area contributed by atoms with Crippen molar-refractivity contribution in [2.45, 2.75) is 45.4 Å². The Kier molecular flexibility index (Phi) is 3.53. The number of imidazole rings is 1. The first-order chi connectivity index (χ1) is 14.1. The van der Waals surface area contributed by atoms with Crippen molar-refractivity contribution >= 4 is 38.5 Å². The zero-order valence-electron chi connectivity index (χ0n) is 17.4.